The predicted molar refractivity (Wildman–Crippen MR) is 72.8 cm³/mol. The number of imidazole rings is 1. The van der Waals surface area contributed by atoms with Gasteiger partial charge >= 0.3 is 0 Å². The van der Waals surface area contributed by atoms with Gasteiger partial charge in [-0.1, -0.05) is 24.3 Å². The largest absolute Gasteiger partial charge is 0.391 e. The fourth-order valence-electron chi connectivity index (χ4n) is 3.54. The molecular formula is C15H17N3O. The number of nitrogens with zero attached hydrogens (tertiary/aromatic N) is 2. The van der Waals surface area contributed by atoms with Gasteiger partial charge in [-0.25, -0.2) is 4.98 Å². The Morgan fingerprint density at radius 2 is 2.21 bits per heavy atom. The molecule has 3 atom stereocenters. The van der Waals surface area contributed by atoms with Crippen molar-refractivity contribution in [3.8, 4) is 11.3 Å². The van der Waals surface area contributed by atoms with Crippen molar-refractivity contribution >= 4 is 0 Å². The Hall–Kier alpha value is -1.65. The first-order valence-corrected chi connectivity index (χ1v) is 6.86. The maximum atomic E-state index is 10.3. The van der Waals surface area contributed by atoms with Crippen molar-refractivity contribution in [1.29, 1.82) is 0 Å². The number of rotatable bonds is 1. The van der Waals surface area contributed by atoms with Crippen LogP contribution in [0.4, 0.5) is 0 Å². The van der Waals surface area contributed by atoms with Crippen LogP contribution >= 0.6 is 0 Å². The maximum absolute atomic E-state index is 10.3. The van der Waals surface area contributed by atoms with Crippen LogP contribution in [-0.4, -0.2) is 33.9 Å². The van der Waals surface area contributed by atoms with Gasteiger partial charge in [0.2, 0.25) is 0 Å². The quantitative estimate of drug-likeness (QED) is 0.810. The van der Waals surface area contributed by atoms with Crippen LogP contribution < -0.4 is 5.32 Å². The minimum atomic E-state index is -0.292. The van der Waals surface area contributed by atoms with E-state index in [1.165, 1.54) is 16.8 Å². The molecule has 2 unspecified atom stereocenters. The highest BCUT2D eigenvalue weighted by atomic mass is 16.3. The summed E-state index contributed by atoms with van der Waals surface area (Å²) < 4.78 is 2.23. The smallest absolute Gasteiger partial charge is 0.0956 e. The van der Waals surface area contributed by atoms with E-state index in [9.17, 15) is 5.11 Å². The van der Waals surface area contributed by atoms with Crippen LogP contribution in [0.2, 0.25) is 0 Å². The van der Waals surface area contributed by atoms with E-state index in [0.29, 0.717) is 6.54 Å². The third-order valence-corrected chi connectivity index (χ3v) is 4.43. The molecule has 19 heavy (non-hydrogen) atoms. The second kappa shape index (κ2) is 4.18. The van der Waals surface area contributed by atoms with Crippen molar-refractivity contribution in [2.75, 3.05) is 13.1 Å². The molecule has 4 rings (SSSR count). The molecule has 0 bridgehead atoms. The van der Waals surface area contributed by atoms with Gasteiger partial charge in [-0.3, -0.25) is 0 Å². The molecule has 98 valence electrons. The monoisotopic (exact) mass is 255 g/mol. The number of aromatic nitrogens is 2. The van der Waals surface area contributed by atoms with Gasteiger partial charge < -0.3 is 15.0 Å². The Morgan fingerprint density at radius 1 is 1.32 bits per heavy atom. The lowest BCUT2D eigenvalue weighted by atomic mass is 9.84. The van der Waals surface area contributed by atoms with Gasteiger partial charge in [-0.05, 0) is 18.5 Å². The van der Waals surface area contributed by atoms with Crippen molar-refractivity contribution in [3.63, 3.8) is 0 Å². The highest BCUT2D eigenvalue weighted by Gasteiger charge is 2.38. The van der Waals surface area contributed by atoms with E-state index in [4.69, 9.17) is 0 Å². The normalized spacial score (nSPS) is 29.0. The average Bonchev–Trinajstić information content (AvgIpc) is 3.00. The molecule has 0 aliphatic carbocycles. The second-order valence-electron chi connectivity index (χ2n) is 5.44. The van der Waals surface area contributed by atoms with E-state index in [2.05, 4.69) is 39.1 Å². The molecular weight excluding hydrogens is 238 g/mol. The molecule has 0 amide bonds. The molecule has 3 heterocycles. The summed E-state index contributed by atoms with van der Waals surface area (Å²) in [6, 6.07) is 8.71. The van der Waals surface area contributed by atoms with E-state index < -0.39 is 0 Å². The molecule has 2 aliphatic heterocycles. The third-order valence-electron chi connectivity index (χ3n) is 4.43. The number of nitrogens with one attached hydrogen (secondary N) is 1. The number of benzene rings is 1. The molecule has 1 aromatic heterocycles. The molecule has 0 saturated carbocycles. The second-order valence-corrected chi connectivity index (χ2v) is 5.44. The van der Waals surface area contributed by atoms with Crippen LogP contribution in [0.5, 0.6) is 0 Å². The lowest BCUT2D eigenvalue weighted by Gasteiger charge is -2.34. The van der Waals surface area contributed by atoms with Gasteiger partial charge in [-0.15, -0.1) is 0 Å². The number of aliphatic hydroxyl groups is 1. The summed E-state index contributed by atoms with van der Waals surface area (Å²) in [6.45, 7) is 1.66. The molecule has 1 fully saturated rings. The average molecular weight is 255 g/mol. The fourth-order valence-corrected chi connectivity index (χ4v) is 3.54. The first kappa shape index (κ1) is 11.2. The zero-order chi connectivity index (χ0) is 12.8. The van der Waals surface area contributed by atoms with Crippen LogP contribution in [0, 0.1) is 5.92 Å². The van der Waals surface area contributed by atoms with Gasteiger partial charge in [0.1, 0.15) is 0 Å². The van der Waals surface area contributed by atoms with Gasteiger partial charge in [0.25, 0.3) is 0 Å². The summed E-state index contributed by atoms with van der Waals surface area (Å²) >= 11 is 0. The molecule has 4 heteroatoms. The van der Waals surface area contributed by atoms with Gasteiger partial charge in [0, 0.05) is 18.0 Å². The molecule has 2 aliphatic rings. The van der Waals surface area contributed by atoms with Gasteiger partial charge in [0.05, 0.1) is 30.4 Å². The van der Waals surface area contributed by atoms with E-state index >= 15 is 0 Å². The lowest BCUT2D eigenvalue weighted by Crippen LogP contribution is -2.43. The zero-order valence-electron chi connectivity index (χ0n) is 10.7. The summed E-state index contributed by atoms with van der Waals surface area (Å²) in [6.07, 6.45) is 4.53. The van der Waals surface area contributed by atoms with Crippen molar-refractivity contribution in [2.24, 2.45) is 5.92 Å². The van der Waals surface area contributed by atoms with E-state index in [-0.39, 0.29) is 18.1 Å². The molecule has 1 aromatic carbocycles. The summed E-state index contributed by atoms with van der Waals surface area (Å²) in [5, 5.41) is 13.6. The Morgan fingerprint density at radius 3 is 3.11 bits per heavy atom. The van der Waals surface area contributed by atoms with Crippen molar-refractivity contribution in [2.45, 2.75) is 18.6 Å². The van der Waals surface area contributed by atoms with Crippen LogP contribution in [0.1, 0.15) is 18.0 Å². The number of fused-ring (bicyclic) bond motifs is 3. The molecule has 2 aromatic rings. The van der Waals surface area contributed by atoms with Crippen molar-refractivity contribution in [1.82, 2.24) is 14.9 Å². The molecule has 0 radical (unpaired) electrons. The predicted octanol–water partition coefficient (Wildman–Crippen LogP) is 1.42. The SMILES string of the molecule is OC1CNCCC1[C@H]1c2ccccc2-c2cncn21. The Bertz CT molecular complexity index is 607. The Kier molecular flexibility index (Phi) is 2.47. The number of aliphatic hydroxyl groups excluding tert-OH is 1. The highest BCUT2D eigenvalue weighted by molar-refractivity contribution is 5.69. The van der Waals surface area contributed by atoms with E-state index in [1.54, 1.807) is 0 Å². The van der Waals surface area contributed by atoms with Crippen LogP contribution in [0.15, 0.2) is 36.8 Å². The van der Waals surface area contributed by atoms with Crippen LogP contribution in [-0.2, 0) is 0 Å². The molecule has 0 spiro atoms. The van der Waals surface area contributed by atoms with Gasteiger partial charge in [-0.2, -0.15) is 0 Å². The summed E-state index contributed by atoms with van der Waals surface area (Å²) in [5.74, 6) is 0.262. The Balaban J connectivity index is 1.84. The minimum Gasteiger partial charge on any atom is -0.391 e. The molecule has 1 saturated heterocycles. The topological polar surface area (TPSA) is 50.1 Å². The van der Waals surface area contributed by atoms with Crippen molar-refractivity contribution in [3.05, 3.63) is 42.4 Å². The Labute approximate surface area is 112 Å². The summed E-state index contributed by atoms with van der Waals surface area (Å²) in [7, 11) is 0. The number of hydrogen-bond acceptors (Lipinski definition) is 3. The highest BCUT2D eigenvalue weighted by Crippen LogP contribution is 2.44. The van der Waals surface area contributed by atoms with Crippen LogP contribution in [0.3, 0.4) is 0 Å². The van der Waals surface area contributed by atoms with E-state index in [0.717, 1.165) is 13.0 Å². The molecule has 4 nitrogen and oxygen atoms in total. The van der Waals surface area contributed by atoms with Gasteiger partial charge in [0.15, 0.2) is 0 Å². The number of β-amino-alcohol motifs (C(OH)–C–C–N with tert-alkyl or cyclic N) is 1. The maximum Gasteiger partial charge on any atom is 0.0956 e. The molecule has 2 N–H and O–H groups in total. The van der Waals surface area contributed by atoms with Crippen molar-refractivity contribution < 1.29 is 5.11 Å². The summed E-state index contributed by atoms with van der Waals surface area (Å²) in [5.41, 5.74) is 3.76. The van der Waals surface area contributed by atoms with E-state index in [1.807, 2.05) is 12.5 Å². The first-order chi connectivity index (χ1) is 9.36. The van der Waals surface area contributed by atoms with Crippen LogP contribution in [0.25, 0.3) is 11.3 Å². The zero-order valence-corrected chi connectivity index (χ0v) is 10.7. The number of hydrogen-bond donors (Lipinski definition) is 2. The summed E-state index contributed by atoms with van der Waals surface area (Å²) in [4.78, 5) is 4.28. The first-order valence-electron chi connectivity index (χ1n) is 6.86. The minimum absolute atomic E-state index is 0.228. The standard InChI is InChI=1S/C15H17N3O/c19-14-8-16-6-5-12(14)15-11-4-2-1-3-10(11)13-7-17-9-18(13)15/h1-4,7,9,12,14-16,19H,5-6,8H2/t12?,14?,15-/m1/s1. The third kappa shape index (κ3) is 1.57. The number of piperidine rings is 1. The fraction of sp³-hybridized carbons (Fsp3) is 0.400. The lowest BCUT2D eigenvalue weighted by molar-refractivity contribution is 0.0618.